The van der Waals surface area contributed by atoms with E-state index in [9.17, 15) is 4.79 Å². The highest BCUT2D eigenvalue weighted by molar-refractivity contribution is 6.03. The Bertz CT molecular complexity index is 600. The zero-order valence-corrected chi connectivity index (χ0v) is 12.3. The average molecular weight is 286 g/mol. The molecule has 0 aliphatic carbocycles. The number of carbonyl (C=O) groups is 1. The number of benzene rings is 1. The molecule has 2 aromatic rings. The lowest BCUT2D eigenvalue weighted by atomic mass is 10.1. The predicted molar refractivity (Wildman–Crippen MR) is 83.5 cm³/mol. The Morgan fingerprint density at radius 2 is 2.00 bits per heavy atom. The van der Waals surface area contributed by atoms with Crippen molar-refractivity contribution in [3.63, 3.8) is 0 Å². The van der Waals surface area contributed by atoms with Gasteiger partial charge in [0.2, 0.25) is 0 Å². The van der Waals surface area contributed by atoms with Crippen LogP contribution in [0.5, 0.6) is 0 Å². The smallest absolute Gasteiger partial charge is 0.340 e. The minimum Gasteiger partial charge on any atom is -0.462 e. The lowest BCUT2D eigenvalue weighted by Crippen LogP contribution is -2.31. The van der Waals surface area contributed by atoms with Gasteiger partial charge in [0, 0.05) is 23.6 Å². The van der Waals surface area contributed by atoms with Gasteiger partial charge in [-0.2, -0.15) is 0 Å². The molecule has 0 saturated carbocycles. The molecule has 21 heavy (non-hydrogen) atoms. The van der Waals surface area contributed by atoms with Crippen molar-refractivity contribution in [2.45, 2.75) is 25.7 Å². The second-order valence-corrected chi connectivity index (χ2v) is 5.64. The number of para-hydroxylation sites is 1. The third-order valence-electron chi connectivity index (χ3n) is 4.11. The number of H-pyrrole nitrogens is 1. The van der Waals surface area contributed by atoms with E-state index in [4.69, 9.17) is 4.74 Å². The van der Waals surface area contributed by atoms with Gasteiger partial charge in [-0.15, -0.1) is 0 Å². The Kier molecular flexibility index (Phi) is 4.55. The number of rotatable bonds is 5. The average Bonchev–Trinajstić information content (AvgIpc) is 2.96. The maximum atomic E-state index is 12.1. The molecular formula is C17H22N2O2. The Morgan fingerprint density at radius 1 is 1.19 bits per heavy atom. The Balaban J connectivity index is 1.48. The van der Waals surface area contributed by atoms with E-state index in [-0.39, 0.29) is 5.97 Å². The maximum Gasteiger partial charge on any atom is 0.340 e. The second-order valence-electron chi connectivity index (χ2n) is 5.64. The number of likely N-dealkylation sites (tertiary alicyclic amines) is 1. The summed E-state index contributed by atoms with van der Waals surface area (Å²) >= 11 is 0. The van der Waals surface area contributed by atoms with Gasteiger partial charge in [-0.3, -0.25) is 0 Å². The van der Waals surface area contributed by atoms with Crippen LogP contribution < -0.4 is 0 Å². The molecule has 1 aromatic carbocycles. The zero-order chi connectivity index (χ0) is 14.5. The van der Waals surface area contributed by atoms with Gasteiger partial charge >= 0.3 is 5.97 Å². The van der Waals surface area contributed by atoms with Crippen molar-refractivity contribution >= 4 is 16.9 Å². The van der Waals surface area contributed by atoms with Crippen LogP contribution in [-0.4, -0.2) is 42.1 Å². The van der Waals surface area contributed by atoms with Crippen LogP contribution in [0, 0.1) is 0 Å². The van der Waals surface area contributed by atoms with Gasteiger partial charge < -0.3 is 14.6 Å². The largest absolute Gasteiger partial charge is 0.462 e. The monoisotopic (exact) mass is 286 g/mol. The summed E-state index contributed by atoms with van der Waals surface area (Å²) in [5, 5.41) is 0.929. The third-order valence-corrected chi connectivity index (χ3v) is 4.11. The predicted octanol–water partition coefficient (Wildman–Crippen LogP) is 3.20. The molecule has 0 radical (unpaired) electrons. The molecule has 1 aliphatic rings. The number of piperidine rings is 1. The number of hydrogen-bond acceptors (Lipinski definition) is 3. The highest BCUT2D eigenvalue weighted by Gasteiger charge is 2.13. The molecule has 0 amide bonds. The van der Waals surface area contributed by atoms with Gasteiger partial charge in [0.25, 0.3) is 0 Å². The summed E-state index contributed by atoms with van der Waals surface area (Å²) in [7, 11) is 0. The van der Waals surface area contributed by atoms with Crippen molar-refractivity contribution in [2.75, 3.05) is 26.2 Å². The van der Waals surface area contributed by atoms with Gasteiger partial charge in [-0.05, 0) is 38.4 Å². The molecule has 0 unspecified atom stereocenters. The summed E-state index contributed by atoms with van der Waals surface area (Å²) in [4.78, 5) is 17.7. The van der Waals surface area contributed by atoms with Crippen molar-refractivity contribution in [3.05, 3.63) is 36.0 Å². The maximum absolute atomic E-state index is 12.1. The minimum atomic E-state index is -0.230. The summed E-state index contributed by atoms with van der Waals surface area (Å²) in [6.45, 7) is 3.91. The number of carbonyl (C=O) groups excluding carboxylic acids is 1. The number of esters is 1. The fourth-order valence-corrected chi connectivity index (χ4v) is 2.95. The van der Waals surface area contributed by atoms with Gasteiger partial charge in [0.1, 0.15) is 0 Å². The van der Waals surface area contributed by atoms with Gasteiger partial charge in [0.15, 0.2) is 0 Å². The lowest BCUT2D eigenvalue weighted by molar-refractivity contribution is 0.0488. The molecule has 1 fully saturated rings. The topological polar surface area (TPSA) is 45.3 Å². The summed E-state index contributed by atoms with van der Waals surface area (Å²) in [5.74, 6) is -0.230. The summed E-state index contributed by atoms with van der Waals surface area (Å²) in [6.07, 6.45) is 6.60. The van der Waals surface area contributed by atoms with E-state index < -0.39 is 0 Å². The molecule has 0 bridgehead atoms. The van der Waals surface area contributed by atoms with Crippen LogP contribution in [-0.2, 0) is 4.74 Å². The van der Waals surface area contributed by atoms with E-state index in [1.807, 2.05) is 24.3 Å². The first-order valence-corrected chi connectivity index (χ1v) is 7.80. The summed E-state index contributed by atoms with van der Waals surface area (Å²) in [5.41, 5.74) is 1.60. The van der Waals surface area contributed by atoms with Crippen molar-refractivity contribution in [2.24, 2.45) is 0 Å². The Morgan fingerprint density at radius 3 is 2.86 bits per heavy atom. The quantitative estimate of drug-likeness (QED) is 0.678. The van der Waals surface area contributed by atoms with Gasteiger partial charge in [-0.25, -0.2) is 4.79 Å². The number of hydrogen-bond donors (Lipinski definition) is 1. The van der Waals surface area contributed by atoms with E-state index in [0.717, 1.165) is 23.9 Å². The molecule has 1 saturated heterocycles. The van der Waals surface area contributed by atoms with Crippen molar-refractivity contribution < 1.29 is 9.53 Å². The number of ether oxygens (including phenoxy) is 1. The van der Waals surface area contributed by atoms with Crippen LogP contribution in [0.4, 0.5) is 0 Å². The number of nitrogens with zero attached hydrogens (tertiary/aromatic N) is 1. The van der Waals surface area contributed by atoms with Crippen molar-refractivity contribution in [1.29, 1.82) is 0 Å². The van der Waals surface area contributed by atoms with Crippen LogP contribution >= 0.6 is 0 Å². The molecule has 3 rings (SSSR count). The van der Waals surface area contributed by atoms with E-state index >= 15 is 0 Å². The normalized spacial score (nSPS) is 16.2. The van der Waals surface area contributed by atoms with Crippen LogP contribution in [0.3, 0.4) is 0 Å². The zero-order valence-electron chi connectivity index (χ0n) is 12.3. The van der Waals surface area contributed by atoms with Crippen LogP contribution in [0.1, 0.15) is 36.0 Å². The number of fused-ring (bicyclic) bond motifs is 1. The molecule has 1 N–H and O–H groups in total. The molecule has 1 aromatic heterocycles. The second kappa shape index (κ2) is 6.76. The first-order chi connectivity index (χ1) is 10.3. The molecule has 0 atom stereocenters. The Labute approximate surface area is 125 Å². The fourth-order valence-electron chi connectivity index (χ4n) is 2.95. The van der Waals surface area contributed by atoms with E-state index in [0.29, 0.717) is 12.2 Å². The fraction of sp³-hybridized carbons (Fsp3) is 0.471. The molecule has 2 heterocycles. The van der Waals surface area contributed by atoms with Crippen LogP contribution in [0.15, 0.2) is 30.5 Å². The number of nitrogens with one attached hydrogen (secondary N) is 1. The molecule has 112 valence electrons. The van der Waals surface area contributed by atoms with E-state index in [1.165, 1.54) is 32.4 Å². The van der Waals surface area contributed by atoms with E-state index in [2.05, 4.69) is 9.88 Å². The Hall–Kier alpha value is -1.81. The lowest BCUT2D eigenvalue weighted by Gasteiger charge is -2.26. The molecule has 1 aliphatic heterocycles. The summed E-state index contributed by atoms with van der Waals surface area (Å²) < 4.78 is 5.40. The first kappa shape index (κ1) is 14.1. The van der Waals surface area contributed by atoms with Gasteiger partial charge in [0.05, 0.1) is 12.2 Å². The van der Waals surface area contributed by atoms with Crippen molar-refractivity contribution in [3.8, 4) is 0 Å². The first-order valence-electron chi connectivity index (χ1n) is 7.80. The molecule has 4 heteroatoms. The highest BCUT2D eigenvalue weighted by atomic mass is 16.5. The minimum absolute atomic E-state index is 0.230. The highest BCUT2D eigenvalue weighted by Crippen LogP contribution is 2.18. The number of aromatic amines is 1. The van der Waals surface area contributed by atoms with Crippen LogP contribution in [0.2, 0.25) is 0 Å². The molecule has 4 nitrogen and oxygen atoms in total. The third kappa shape index (κ3) is 3.45. The van der Waals surface area contributed by atoms with Crippen molar-refractivity contribution in [1.82, 2.24) is 9.88 Å². The van der Waals surface area contributed by atoms with Gasteiger partial charge in [-0.1, -0.05) is 24.6 Å². The molecular weight excluding hydrogens is 264 g/mol. The van der Waals surface area contributed by atoms with Crippen LogP contribution in [0.25, 0.3) is 10.9 Å². The molecule has 0 spiro atoms. The number of aromatic nitrogens is 1. The van der Waals surface area contributed by atoms with E-state index in [1.54, 1.807) is 6.20 Å². The summed E-state index contributed by atoms with van der Waals surface area (Å²) in [6, 6.07) is 7.79. The SMILES string of the molecule is O=C(OCCCN1CCCCC1)c1c[nH]c2ccccc12. The standard InChI is InChI=1S/C17H22N2O2/c20-17(15-13-18-16-8-3-2-7-14(15)16)21-12-6-11-19-9-4-1-5-10-19/h2-3,7-8,13,18H,1,4-6,9-12H2.